The molecule has 37 heavy (non-hydrogen) atoms. The topological polar surface area (TPSA) is 120 Å². The van der Waals surface area contributed by atoms with E-state index in [9.17, 15) is 28.0 Å². The second-order valence-electron chi connectivity index (χ2n) is 9.17. The van der Waals surface area contributed by atoms with Crippen molar-refractivity contribution in [1.82, 2.24) is 24.8 Å². The number of hydrogen-bond donors (Lipinski definition) is 2. The molecular weight excluding hydrogens is 486 g/mol. The third kappa shape index (κ3) is 5.95. The summed E-state index contributed by atoms with van der Waals surface area (Å²) in [5.74, 6) is -3.39. The van der Waals surface area contributed by atoms with Gasteiger partial charge in [-0.3, -0.25) is 23.9 Å². The van der Waals surface area contributed by atoms with E-state index in [0.29, 0.717) is 62.2 Å². The Bertz CT molecular complexity index is 1300. The van der Waals surface area contributed by atoms with Crippen molar-refractivity contribution in [1.29, 1.82) is 0 Å². The van der Waals surface area contributed by atoms with E-state index in [4.69, 9.17) is 0 Å². The number of nitrogens with zero attached hydrogens (tertiary/aromatic N) is 4. The molecule has 1 fully saturated rings. The SMILES string of the molecule is C=CC(F)(F)c1ccnc(N2CCN(C(=O)CNC(=O)CCn3c4c(c(=O)[nH]c3=O)CCCC4)CC2)c1. The predicted molar refractivity (Wildman–Crippen MR) is 133 cm³/mol. The molecule has 0 atom stereocenters. The number of rotatable bonds is 8. The number of hydrogen-bond acceptors (Lipinski definition) is 6. The first kappa shape index (κ1) is 26.2. The number of alkyl halides is 2. The summed E-state index contributed by atoms with van der Waals surface area (Å²) >= 11 is 0. The first-order chi connectivity index (χ1) is 17.7. The van der Waals surface area contributed by atoms with Crippen molar-refractivity contribution in [3.63, 3.8) is 0 Å². The number of aromatic nitrogens is 3. The monoisotopic (exact) mass is 516 g/mol. The number of amides is 2. The molecule has 2 amide bonds. The van der Waals surface area contributed by atoms with E-state index >= 15 is 0 Å². The van der Waals surface area contributed by atoms with Crippen molar-refractivity contribution in [3.8, 4) is 0 Å². The maximum atomic E-state index is 13.9. The van der Waals surface area contributed by atoms with Crippen molar-refractivity contribution >= 4 is 17.6 Å². The minimum Gasteiger partial charge on any atom is -0.353 e. The molecule has 10 nitrogen and oxygen atoms in total. The molecule has 2 aliphatic rings. The Balaban J connectivity index is 1.26. The van der Waals surface area contributed by atoms with Crippen LogP contribution < -0.4 is 21.5 Å². The second kappa shape index (κ2) is 11.1. The van der Waals surface area contributed by atoms with Gasteiger partial charge in [-0.2, -0.15) is 8.78 Å². The van der Waals surface area contributed by atoms with E-state index < -0.39 is 11.6 Å². The van der Waals surface area contributed by atoms with Crippen molar-refractivity contribution in [2.24, 2.45) is 0 Å². The molecule has 2 N–H and O–H groups in total. The van der Waals surface area contributed by atoms with Crippen LogP contribution in [0.5, 0.6) is 0 Å². The molecule has 2 aromatic heterocycles. The molecular formula is C25H30F2N6O4. The van der Waals surface area contributed by atoms with Gasteiger partial charge in [0.1, 0.15) is 5.82 Å². The third-order valence-corrected chi connectivity index (χ3v) is 6.85. The van der Waals surface area contributed by atoms with Crippen molar-refractivity contribution in [2.45, 2.75) is 44.6 Å². The Hall–Kier alpha value is -3.83. The molecule has 0 spiro atoms. The molecule has 2 aromatic rings. The number of carbonyl (C=O) groups excluding carboxylic acids is 2. The van der Waals surface area contributed by atoms with Gasteiger partial charge in [0.2, 0.25) is 11.8 Å². The van der Waals surface area contributed by atoms with Crippen LogP contribution in [0.4, 0.5) is 14.6 Å². The van der Waals surface area contributed by atoms with Gasteiger partial charge in [-0.25, -0.2) is 9.78 Å². The van der Waals surface area contributed by atoms with E-state index in [1.54, 1.807) is 4.90 Å². The fourth-order valence-corrected chi connectivity index (χ4v) is 4.72. The quantitative estimate of drug-likeness (QED) is 0.504. The van der Waals surface area contributed by atoms with Crippen LogP contribution in [0.25, 0.3) is 0 Å². The van der Waals surface area contributed by atoms with Crippen LogP contribution in [0, 0.1) is 0 Å². The van der Waals surface area contributed by atoms with Gasteiger partial charge in [-0.15, -0.1) is 0 Å². The van der Waals surface area contributed by atoms with Crippen LogP contribution in [-0.4, -0.2) is 64.0 Å². The maximum Gasteiger partial charge on any atom is 0.328 e. The number of carbonyl (C=O) groups is 2. The van der Waals surface area contributed by atoms with Crippen molar-refractivity contribution in [3.05, 3.63) is 68.6 Å². The van der Waals surface area contributed by atoms with E-state index in [1.165, 1.54) is 22.9 Å². The standard InChI is InChI=1S/C25H30F2N6O4/c1-2-25(26,27)17-7-9-28-20(15-17)31-11-13-32(14-12-31)22(35)16-29-21(34)8-10-33-19-6-4-3-5-18(19)23(36)30-24(33)37/h2,7,9,15H,1,3-6,8,10-14,16H2,(H,29,34)(H,30,36,37). The number of allylic oxidation sites excluding steroid dienone is 1. The fraction of sp³-hybridized carbons (Fsp3) is 0.480. The number of H-pyrrole nitrogens is 1. The van der Waals surface area contributed by atoms with Gasteiger partial charge >= 0.3 is 5.69 Å². The van der Waals surface area contributed by atoms with E-state index in [1.807, 2.05) is 4.90 Å². The summed E-state index contributed by atoms with van der Waals surface area (Å²) in [4.78, 5) is 59.2. The lowest BCUT2D eigenvalue weighted by atomic mass is 9.97. The molecule has 1 aliphatic heterocycles. The number of aromatic amines is 1. The third-order valence-electron chi connectivity index (χ3n) is 6.85. The van der Waals surface area contributed by atoms with Crippen LogP contribution in [0.3, 0.4) is 0 Å². The first-order valence-corrected chi connectivity index (χ1v) is 12.3. The summed E-state index contributed by atoms with van der Waals surface area (Å²) in [6.45, 7) is 4.65. The highest BCUT2D eigenvalue weighted by molar-refractivity contribution is 5.84. The van der Waals surface area contributed by atoms with Gasteiger partial charge in [0.15, 0.2) is 0 Å². The fourth-order valence-electron chi connectivity index (χ4n) is 4.72. The van der Waals surface area contributed by atoms with Gasteiger partial charge in [0.25, 0.3) is 11.5 Å². The van der Waals surface area contributed by atoms with Crippen LogP contribution >= 0.6 is 0 Å². The smallest absolute Gasteiger partial charge is 0.328 e. The summed E-state index contributed by atoms with van der Waals surface area (Å²) < 4.78 is 29.3. The molecule has 198 valence electrons. The molecule has 0 radical (unpaired) electrons. The number of pyridine rings is 1. The minimum absolute atomic E-state index is 0.00317. The van der Waals surface area contributed by atoms with Gasteiger partial charge < -0.3 is 15.1 Å². The van der Waals surface area contributed by atoms with Crippen LogP contribution in [0.15, 0.2) is 40.6 Å². The zero-order valence-corrected chi connectivity index (χ0v) is 20.5. The second-order valence-corrected chi connectivity index (χ2v) is 9.17. The number of anilines is 1. The highest BCUT2D eigenvalue weighted by Gasteiger charge is 2.29. The highest BCUT2D eigenvalue weighted by atomic mass is 19.3. The molecule has 3 heterocycles. The lowest BCUT2D eigenvalue weighted by molar-refractivity contribution is -0.133. The average Bonchev–Trinajstić information content (AvgIpc) is 2.91. The Kier molecular flexibility index (Phi) is 7.84. The van der Waals surface area contributed by atoms with Crippen molar-refractivity contribution < 1.29 is 18.4 Å². The molecule has 1 saturated heterocycles. The molecule has 4 rings (SSSR count). The lowest BCUT2D eigenvalue weighted by Gasteiger charge is -2.35. The Labute approximate surface area is 212 Å². The van der Waals surface area contributed by atoms with Gasteiger partial charge in [-0.1, -0.05) is 6.58 Å². The average molecular weight is 517 g/mol. The summed E-state index contributed by atoms with van der Waals surface area (Å²) in [7, 11) is 0. The van der Waals surface area contributed by atoms with E-state index in [0.717, 1.165) is 12.8 Å². The van der Waals surface area contributed by atoms with Crippen LogP contribution in [0.2, 0.25) is 0 Å². The molecule has 12 heteroatoms. The Morgan fingerprint density at radius 2 is 1.89 bits per heavy atom. The zero-order chi connectivity index (χ0) is 26.6. The van der Waals surface area contributed by atoms with Gasteiger partial charge in [-0.05, 0) is 43.9 Å². The molecule has 0 bridgehead atoms. The minimum atomic E-state index is -3.15. The van der Waals surface area contributed by atoms with Gasteiger partial charge in [0.05, 0.1) is 6.54 Å². The summed E-state index contributed by atoms with van der Waals surface area (Å²) in [6, 6.07) is 2.57. The van der Waals surface area contributed by atoms with Crippen LogP contribution in [0.1, 0.15) is 36.1 Å². The Morgan fingerprint density at radius 3 is 2.62 bits per heavy atom. The Morgan fingerprint density at radius 1 is 1.16 bits per heavy atom. The number of halogens is 2. The summed E-state index contributed by atoms with van der Waals surface area (Å²) in [6.07, 6.45) is 4.91. The normalized spacial score (nSPS) is 15.7. The van der Waals surface area contributed by atoms with E-state index in [-0.39, 0.29) is 42.4 Å². The molecule has 0 unspecified atom stereocenters. The maximum absolute atomic E-state index is 13.9. The predicted octanol–water partition coefficient (Wildman–Crippen LogP) is 0.943. The highest BCUT2D eigenvalue weighted by Crippen LogP contribution is 2.30. The molecule has 0 aromatic carbocycles. The summed E-state index contributed by atoms with van der Waals surface area (Å²) in [5, 5.41) is 2.60. The van der Waals surface area contributed by atoms with Crippen molar-refractivity contribution in [2.75, 3.05) is 37.6 Å². The summed E-state index contributed by atoms with van der Waals surface area (Å²) in [5.41, 5.74) is 0.218. The number of piperazine rings is 1. The first-order valence-electron chi connectivity index (χ1n) is 12.3. The van der Waals surface area contributed by atoms with Gasteiger partial charge in [0, 0.05) is 62.2 Å². The molecule has 0 saturated carbocycles. The van der Waals surface area contributed by atoms with E-state index in [2.05, 4.69) is 21.9 Å². The zero-order valence-electron chi connectivity index (χ0n) is 20.5. The molecule has 1 aliphatic carbocycles. The number of fused-ring (bicyclic) bond motifs is 1. The largest absolute Gasteiger partial charge is 0.353 e. The lowest BCUT2D eigenvalue weighted by Crippen LogP contribution is -2.51. The number of nitrogens with one attached hydrogen (secondary N) is 2. The van der Waals surface area contributed by atoms with Crippen LogP contribution in [-0.2, 0) is 34.9 Å².